The third-order valence-corrected chi connectivity index (χ3v) is 1.13. The fourth-order valence-electron chi connectivity index (χ4n) is 0.595. The summed E-state index contributed by atoms with van der Waals surface area (Å²) in [6.45, 7) is 2.83. The van der Waals surface area contributed by atoms with Gasteiger partial charge in [-0.15, -0.1) is 5.10 Å². The van der Waals surface area contributed by atoms with E-state index in [-0.39, 0.29) is 0 Å². The van der Waals surface area contributed by atoms with E-state index in [9.17, 15) is 0 Å². The number of hydrogen-bond acceptors (Lipinski definition) is 5. The Labute approximate surface area is 57.9 Å². The van der Waals surface area contributed by atoms with Gasteiger partial charge < -0.3 is 4.84 Å². The Morgan fingerprint density at radius 1 is 1.70 bits per heavy atom. The van der Waals surface area contributed by atoms with Crippen molar-refractivity contribution >= 4 is 0 Å². The fraction of sp³-hybridized carbons (Fsp3) is 0.750. The lowest BCUT2D eigenvalue weighted by molar-refractivity contribution is 0.126. The van der Waals surface area contributed by atoms with Gasteiger partial charge in [0.2, 0.25) is 0 Å². The second-order valence-corrected chi connectivity index (χ2v) is 1.82. The predicted molar refractivity (Wildman–Crippen MR) is 32.7 cm³/mol. The smallest absolute Gasteiger partial charge is 0.148 e. The van der Waals surface area contributed by atoms with Gasteiger partial charge in [0, 0.05) is 0 Å². The van der Waals surface area contributed by atoms with Crippen LogP contribution in [0.1, 0.15) is 5.82 Å². The third-order valence-electron chi connectivity index (χ3n) is 1.13. The SMILES string of the molecule is Cc1nnnn1CCON. The lowest BCUT2D eigenvalue weighted by Gasteiger charge is -1.97. The fourth-order valence-corrected chi connectivity index (χ4v) is 0.595. The molecule has 6 nitrogen and oxygen atoms in total. The molecule has 1 aromatic rings. The monoisotopic (exact) mass is 143 g/mol. The Hall–Kier alpha value is -1.01. The minimum atomic E-state index is 0.422. The first-order valence-corrected chi connectivity index (χ1v) is 2.89. The summed E-state index contributed by atoms with van der Waals surface area (Å²) in [7, 11) is 0. The second kappa shape index (κ2) is 3.23. The minimum absolute atomic E-state index is 0.422. The molecule has 0 amide bonds. The van der Waals surface area contributed by atoms with Gasteiger partial charge in [-0.05, 0) is 17.4 Å². The first-order valence-electron chi connectivity index (χ1n) is 2.89. The standard InChI is InChI=1S/C4H9N5O/c1-4-6-7-8-9(4)2-3-10-5/h2-3,5H2,1H3. The number of nitrogens with zero attached hydrogens (tertiary/aromatic N) is 4. The first kappa shape index (κ1) is 7.10. The summed E-state index contributed by atoms with van der Waals surface area (Å²) in [6.07, 6.45) is 0. The molecule has 0 atom stereocenters. The van der Waals surface area contributed by atoms with E-state index in [1.165, 1.54) is 0 Å². The van der Waals surface area contributed by atoms with E-state index < -0.39 is 0 Å². The summed E-state index contributed by atoms with van der Waals surface area (Å²) >= 11 is 0. The van der Waals surface area contributed by atoms with Crippen LogP contribution in [0, 0.1) is 6.92 Å². The highest BCUT2D eigenvalue weighted by atomic mass is 16.6. The minimum Gasteiger partial charge on any atom is -0.303 e. The molecule has 0 saturated heterocycles. The lowest BCUT2D eigenvalue weighted by atomic mass is 10.6. The molecule has 0 radical (unpaired) electrons. The molecular weight excluding hydrogens is 134 g/mol. The molecule has 6 heteroatoms. The zero-order valence-electron chi connectivity index (χ0n) is 5.69. The average molecular weight is 143 g/mol. The Morgan fingerprint density at radius 3 is 3.00 bits per heavy atom. The van der Waals surface area contributed by atoms with Gasteiger partial charge in [0.05, 0.1) is 13.2 Å². The highest BCUT2D eigenvalue weighted by Crippen LogP contribution is 1.86. The summed E-state index contributed by atoms with van der Waals surface area (Å²) in [4.78, 5) is 4.35. The molecule has 56 valence electrons. The molecule has 10 heavy (non-hydrogen) atoms. The second-order valence-electron chi connectivity index (χ2n) is 1.82. The van der Waals surface area contributed by atoms with Crippen LogP contribution in [0.15, 0.2) is 0 Å². The molecule has 1 rings (SSSR count). The number of tetrazole rings is 1. The van der Waals surface area contributed by atoms with Crippen molar-refractivity contribution in [1.82, 2.24) is 20.2 Å². The van der Waals surface area contributed by atoms with Gasteiger partial charge in [-0.3, -0.25) is 0 Å². The van der Waals surface area contributed by atoms with Crippen molar-refractivity contribution < 1.29 is 4.84 Å². The van der Waals surface area contributed by atoms with Crippen LogP contribution in [-0.4, -0.2) is 26.8 Å². The zero-order valence-corrected chi connectivity index (χ0v) is 5.69. The van der Waals surface area contributed by atoms with Gasteiger partial charge in [0.25, 0.3) is 0 Å². The molecule has 0 bridgehead atoms. The molecule has 1 heterocycles. The topological polar surface area (TPSA) is 78.8 Å². The van der Waals surface area contributed by atoms with Crippen LogP contribution in [0.4, 0.5) is 0 Å². The van der Waals surface area contributed by atoms with Crippen LogP contribution >= 0.6 is 0 Å². The van der Waals surface area contributed by atoms with Crippen LogP contribution in [0.25, 0.3) is 0 Å². The van der Waals surface area contributed by atoms with Crippen molar-refractivity contribution in [3.63, 3.8) is 0 Å². The molecular formula is C4H9N5O. The van der Waals surface area contributed by atoms with Gasteiger partial charge >= 0.3 is 0 Å². The summed E-state index contributed by atoms with van der Waals surface area (Å²) in [6, 6.07) is 0. The molecule has 0 spiro atoms. The quantitative estimate of drug-likeness (QED) is 0.542. The normalized spacial score (nSPS) is 10.2. The molecule has 2 N–H and O–H groups in total. The summed E-state index contributed by atoms with van der Waals surface area (Å²) in [5, 5.41) is 10.8. The zero-order chi connectivity index (χ0) is 7.40. The molecule has 1 aromatic heterocycles. The number of aryl methyl sites for hydroxylation is 1. The van der Waals surface area contributed by atoms with Crippen molar-refractivity contribution in [3.8, 4) is 0 Å². The predicted octanol–water partition coefficient (Wildman–Crippen LogP) is -1.13. The number of nitrogens with two attached hydrogens (primary N) is 1. The molecule has 0 saturated carbocycles. The summed E-state index contributed by atoms with van der Waals surface area (Å²) in [5.74, 6) is 5.57. The third kappa shape index (κ3) is 1.49. The van der Waals surface area contributed by atoms with Gasteiger partial charge in [0.15, 0.2) is 0 Å². The largest absolute Gasteiger partial charge is 0.303 e. The van der Waals surface area contributed by atoms with E-state index in [0.29, 0.717) is 13.2 Å². The maximum absolute atomic E-state index is 4.81. The van der Waals surface area contributed by atoms with Crippen LogP contribution in [0.3, 0.4) is 0 Å². The van der Waals surface area contributed by atoms with E-state index in [0.717, 1.165) is 5.82 Å². The van der Waals surface area contributed by atoms with Crippen molar-refractivity contribution in [2.75, 3.05) is 6.61 Å². The molecule has 0 aliphatic rings. The Bertz CT molecular complexity index is 197. The van der Waals surface area contributed by atoms with Crippen LogP contribution in [0.2, 0.25) is 0 Å². The van der Waals surface area contributed by atoms with E-state index in [1.54, 1.807) is 4.68 Å². The highest BCUT2D eigenvalue weighted by molar-refractivity contribution is 4.72. The summed E-state index contributed by atoms with van der Waals surface area (Å²) < 4.78 is 1.62. The van der Waals surface area contributed by atoms with Crippen LogP contribution in [-0.2, 0) is 11.4 Å². The molecule has 0 aliphatic carbocycles. The average Bonchev–Trinajstić information content (AvgIpc) is 2.31. The molecule has 0 fully saturated rings. The van der Waals surface area contributed by atoms with E-state index >= 15 is 0 Å². The maximum atomic E-state index is 4.81. The number of aromatic nitrogens is 4. The Kier molecular flexibility index (Phi) is 2.30. The first-order chi connectivity index (χ1) is 4.84. The molecule has 0 aliphatic heterocycles. The van der Waals surface area contributed by atoms with E-state index in [2.05, 4.69) is 20.4 Å². The van der Waals surface area contributed by atoms with Gasteiger partial charge in [0.1, 0.15) is 5.82 Å². The number of rotatable bonds is 3. The lowest BCUT2D eigenvalue weighted by Crippen LogP contribution is -2.11. The van der Waals surface area contributed by atoms with Crippen molar-refractivity contribution in [3.05, 3.63) is 5.82 Å². The molecule has 0 unspecified atom stereocenters. The van der Waals surface area contributed by atoms with Crippen LogP contribution < -0.4 is 5.90 Å². The molecule has 0 aromatic carbocycles. The van der Waals surface area contributed by atoms with E-state index in [1.807, 2.05) is 6.92 Å². The summed E-state index contributed by atoms with van der Waals surface area (Å²) in [5.41, 5.74) is 0. The van der Waals surface area contributed by atoms with Crippen molar-refractivity contribution in [1.29, 1.82) is 0 Å². The Morgan fingerprint density at radius 2 is 2.50 bits per heavy atom. The van der Waals surface area contributed by atoms with Crippen LogP contribution in [0.5, 0.6) is 0 Å². The van der Waals surface area contributed by atoms with Gasteiger partial charge in [-0.2, -0.15) is 0 Å². The van der Waals surface area contributed by atoms with Gasteiger partial charge in [-0.25, -0.2) is 10.6 Å². The van der Waals surface area contributed by atoms with E-state index in [4.69, 9.17) is 5.90 Å². The van der Waals surface area contributed by atoms with Crippen molar-refractivity contribution in [2.24, 2.45) is 5.90 Å². The maximum Gasteiger partial charge on any atom is 0.148 e. The number of hydrogen-bond donors (Lipinski definition) is 1. The van der Waals surface area contributed by atoms with Gasteiger partial charge in [-0.1, -0.05) is 0 Å². The van der Waals surface area contributed by atoms with Crippen molar-refractivity contribution in [2.45, 2.75) is 13.5 Å². The highest BCUT2D eigenvalue weighted by Gasteiger charge is 1.97. The Balaban J connectivity index is 2.49.